The molecule has 0 radical (unpaired) electrons. The Hall–Kier alpha value is -1.54. The van der Waals surface area contributed by atoms with Gasteiger partial charge in [-0.3, -0.25) is 13.8 Å². The number of hydrogen-bond acceptors (Lipinski definition) is 6. The molecule has 0 amide bonds. The molecular weight excluding hydrogens is 493 g/mol. The smallest absolute Gasteiger partial charge is 0.463 e. The van der Waals surface area contributed by atoms with Crippen molar-refractivity contribution in [2.24, 2.45) is 0 Å². The van der Waals surface area contributed by atoms with Crippen LogP contribution in [0.1, 0.15) is 71.1 Å². The molecular formula is C28H51NO7P+. The second kappa shape index (κ2) is 22.4. The maximum Gasteiger partial charge on any atom is 0.472 e. The molecule has 1 unspecified atom stereocenters. The molecule has 0 aliphatic heterocycles. The fourth-order valence-electron chi connectivity index (χ4n) is 2.88. The van der Waals surface area contributed by atoms with E-state index >= 15 is 0 Å². The first-order valence-electron chi connectivity index (χ1n) is 13.4. The van der Waals surface area contributed by atoms with Crippen LogP contribution in [-0.2, 0) is 23.1 Å². The highest BCUT2D eigenvalue weighted by Gasteiger charge is 2.24. The van der Waals surface area contributed by atoms with Crippen LogP contribution in [0.15, 0.2) is 48.6 Å². The molecule has 0 bridgehead atoms. The summed E-state index contributed by atoms with van der Waals surface area (Å²) < 4.78 is 27.0. The Balaban J connectivity index is 3.71. The van der Waals surface area contributed by atoms with Crippen LogP contribution in [0.4, 0.5) is 0 Å². The number of carbonyl (C=O) groups excluding carboxylic acids is 1. The van der Waals surface area contributed by atoms with Crippen LogP contribution in [0.5, 0.6) is 0 Å². The Kier molecular flexibility index (Phi) is 21.5. The molecule has 0 saturated carbocycles. The Morgan fingerprint density at radius 3 is 1.97 bits per heavy atom. The summed E-state index contributed by atoms with van der Waals surface area (Å²) in [5, 5.41) is 9.83. The summed E-state index contributed by atoms with van der Waals surface area (Å²) in [6.45, 7) is 2.00. The van der Waals surface area contributed by atoms with Crippen molar-refractivity contribution in [3.05, 3.63) is 48.6 Å². The topological polar surface area (TPSA) is 102 Å². The quantitative estimate of drug-likeness (QED) is 0.0545. The third kappa shape index (κ3) is 27.3. The highest BCUT2D eigenvalue weighted by molar-refractivity contribution is 7.47. The van der Waals surface area contributed by atoms with Gasteiger partial charge in [-0.15, -0.1) is 0 Å². The van der Waals surface area contributed by atoms with Gasteiger partial charge in [0.2, 0.25) is 0 Å². The molecule has 0 spiro atoms. The molecule has 0 aromatic carbocycles. The minimum Gasteiger partial charge on any atom is -0.463 e. The predicted octanol–water partition coefficient (Wildman–Crippen LogP) is 5.88. The predicted molar refractivity (Wildman–Crippen MR) is 150 cm³/mol. The van der Waals surface area contributed by atoms with Crippen LogP contribution in [0.25, 0.3) is 0 Å². The van der Waals surface area contributed by atoms with Crippen LogP contribution >= 0.6 is 7.82 Å². The lowest BCUT2D eigenvalue weighted by Gasteiger charge is -2.24. The molecule has 9 heteroatoms. The molecule has 0 aliphatic carbocycles. The maximum atomic E-state index is 11.8. The first kappa shape index (κ1) is 35.5. The fourth-order valence-corrected chi connectivity index (χ4v) is 3.63. The maximum absolute atomic E-state index is 11.8. The molecule has 0 fully saturated rings. The lowest BCUT2D eigenvalue weighted by Crippen LogP contribution is -2.37. The molecule has 214 valence electrons. The van der Waals surface area contributed by atoms with Gasteiger partial charge in [-0.1, -0.05) is 68.4 Å². The Bertz CT molecular complexity index is 741. The normalized spacial score (nSPS) is 15.3. The van der Waals surface area contributed by atoms with E-state index in [1.54, 1.807) is 0 Å². The van der Waals surface area contributed by atoms with Gasteiger partial charge in [0.25, 0.3) is 0 Å². The molecule has 0 heterocycles. The van der Waals surface area contributed by atoms with Gasteiger partial charge in [0.05, 0.1) is 27.7 Å². The van der Waals surface area contributed by atoms with E-state index in [-0.39, 0.29) is 19.6 Å². The molecule has 2 atom stereocenters. The van der Waals surface area contributed by atoms with E-state index in [1.807, 2.05) is 21.1 Å². The third-order valence-electron chi connectivity index (χ3n) is 5.07. The van der Waals surface area contributed by atoms with Crippen molar-refractivity contribution < 1.29 is 37.6 Å². The van der Waals surface area contributed by atoms with Gasteiger partial charge in [-0.2, -0.15) is 0 Å². The van der Waals surface area contributed by atoms with Gasteiger partial charge in [-0.05, 0) is 44.9 Å². The molecule has 37 heavy (non-hydrogen) atoms. The Morgan fingerprint density at radius 2 is 1.41 bits per heavy atom. The largest absolute Gasteiger partial charge is 0.472 e. The van der Waals surface area contributed by atoms with Gasteiger partial charge >= 0.3 is 13.8 Å². The number of aliphatic hydroxyl groups excluding tert-OH is 1. The summed E-state index contributed by atoms with van der Waals surface area (Å²) in [4.78, 5) is 21.4. The molecule has 0 rings (SSSR count). The van der Waals surface area contributed by atoms with Crippen molar-refractivity contribution >= 4 is 13.8 Å². The Labute approximate surface area is 224 Å². The van der Waals surface area contributed by atoms with E-state index in [1.165, 1.54) is 6.42 Å². The highest BCUT2D eigenvalue weighted by Crippen LogP contribution is 2.43. The third-order valence-corrected chi connectivity index (χ3v) is 6.06. The molecule has 0 aliphatic rings. The SMILES string of the molecule is CCC/C=C/C/C=C/C/C=C/C/C=C/CCCCCC(=O)OC[C@@H](O)COP(=O)(O)OCC[N+](C)(C)C. The van der Waals surface area contributed by atoms with E-state index in [2.05, 4.69) is 55.5 Å². The van der Waals surface area contributed by atoms with Crippen LogP contribution in [0.2, 0.25) is 0 Å². The van der Waals surface area contributed by atoms with E-state index in [0.717, 1.165) is 44.9 Å². The minimum absolute atomic E-state index is 0.0463. The number of allylic oxidation sites excluding steroid dienone is 8. The van der Waals surface area contributed by atoms with Crippen LogP contribution in [0, 0.1) is 0 Å². The van der Waals surface area contributed by atoms with Gasteiger partial charge in [-0.25, -0.2) is 4.57 Å². The van der Waals surface area contributed by atoms with E-state index < -0.39 is 26.5 Å². The first-order chi connectivity index (χ1) is 17.6. The summed E-state index contributed by atoms with van der Waals surface area (Å²) in [5.74, 6) is -0.405. The Morgan fingerprint density at radius 1 is 0.838 bits per heavy atom. The minimum atomic E-state index is -4.25. The number of nitrogens with zero attached hydrogens (tertiary/aromatic N) is 1. The van der Waals surface area contributed by atoms with Crippen LogP contribution in [0.3, 0.4) is 0 Å². The average molecular weight is 545 g/mol. The molecule has 2 N–H and O–H groups in total. The summed E-state index contributed by atoms with van der Waals surface area (Å²) in [6.07, 6.45) is 25.4. The molecule has 0 saturated heterocycles. The number of ether oxygens (including phenoxy) is 1. The molecule has 0 aromatic heterocycles. The number of likely N-dealkylation sites (N-methyl/N-ethyl adjacent to an activating group) is 1. The lowest BCUT2D eigenvalue weighted by atomic mass is 10.1. The number of aliphatic hydroxyl groups is 1. The van der Waals surface area contributed by atoms with E-state index in [9.17, 15) is 19.4 Å². The van der Waals surface area contributed by atoms with Crippen LogP contribution in [-0.4, -0.2) is 74.1 Å². The van der Waals surface area contributed by atoms with E-state index in [4.69, 9.17) is 13.8 Å². The monoisotopic (exact) mass is 544 g/mol. The zero-order valence-electron chi connectivity index (χ0n) is 23.4. The van der Waals surface area contributed by atoms with Crippen molar-refractivity contribution in [2.45, 2.75) is 77.2 Å². The molecule has 8 nitrogen and oxygen atoms in total. The summed E-state index contributed by atoms with van der Waals surface area (Å²) >= 11 is 0. The van der Waals surface area contributed by atoms with Crippen molar-refractivity contribution in [1.29, 1.82) is 0 Å². The van der Waals surface area contributed by atoms with Gasteiger partial charge in [0.15, 0.2) is 0 Å². The van der Waals surface area contributed by atoms with Gasteiger partial charge < -0.3 is 19.2 Å². The summed E-state index contributed by atoms with van der Waals surface area (Å²) in [5.41, 5.74) is 0. The first-order valence-corrected chi connectivity index (χ1v) is 14.9. The number of phosphoric ester groups is 1. The van der Waals surface area contributed by atoms with Gasteiger partial charge in [0.1, 0.15) is 25.9 Å². The number of carbonyl (C=O) groups is 1. The number of unbranched alkanes of at least 4 members (excludes halogenated alkanes) is 4. The van der Waals surface area contributed by atoms with Crippen molar-refractivity contribution in [3.8, 4) is 0 Å². The second-order valence-electron chi connectivity index (χ2n) is 9.93. The number of quaternary nitrogens is 1. The molecule has 0 aromatic rings. The lowest BCUT2D eigenvalue weighted by molar-refractivity contribution is -0.870. The number of esters is 1. The van der Waals surface area contributed by atoms with Gasteiger partial charge in [0, 0.05) is 6.42 Å². The second-order valence-corrected chi connectivity index (χ2v) is 11.4. The highest BCUT2D eigenvalue weighted by atomic mass is 31.2. The summed E-state index contributed by atoms with van der Waals surface area (Å²) in [7, 11) is 1.53. The van der Waals surface area contributed by atoms with Crippen molar-refractivity contribution in [2.75, 3.05) is 47.5 Å². The zero-order chi connectivity index (χ0) is 27.8. The zero-order valence-corrected chi connectivity index (χ0v) is 24.3. The van der Waals surface area contributed by atoms with E-state index in [0.29, 0.717) is 17.4 Å². The fraction of sp³-hybridized carbons (Fsp3) is 0.679. The van der Waals surface area contributed by atoms with Crippen molar-refractivity contribution in [3.63, 3.8) is 0 Å². The summed E-state index contributed by atoms with van der Waals surface area (Å²) in [6, 6.07) is 0. The average Bonchev–Trinajstić information content (AvgIpc) is 2.82. The number of rotatable bonds is 23. The van der Waals surface area contributed by atoms with Crippen LogP contribution < -0.4 is 0 Å². The number of hydrogen-bond donors (Lipinski definition) is 2. The standard InChI is InChI=1S/C28H50NO7P/c1-5-6-7-8-9-10-11-12-13-14-15-16-17-18-19-20-21-22-28(31)34-25-27(30)26-36-37(32,33)35-24-23-29(2,3)4/h7-8,10-11,13-14,16-17,27,30H,5-6,9,12,15,18-26H2,1-4H3/p+1/b8-7+,11-10+,14-13+,17-16+/t27-/m1/s1. The van der Waals surface area contributed by atoms with Crippen molar-refractivity contribution in [1.82, 2.24) is 0 Å². The number of phosphoric acid groups is 1.